The lowest BCUT2D eigenvalue weighted by molar-refractivity contribution is 0.414. The first-order valence-electron chi connectivity index (χ1n) is 7.85. The van der Waals surface area contributed by atoms with Crippen molar-refractivity contribution < 1.29 is 4.74 Å². The molecular formula is C19H16N4O2. The predicted molar refractivity (Wildman–Crippen MR) is 95.3 cm³/mol. The first-order chi connectivity index (χ1) is 12.2. The second-order valence-electron chi connectivity index (χ2n) is 5.71. The van der Waals surface area contributed by atoms with E-state index in [1.54, 1.807) is 31.6 Å². The third-order valence-electron chi connectivity index (χ3n) is 4.13. The Bertz CT molecular complexity index is 1110. The van der Waals surface area contributed by atoms with Crippen LogP contribution in [-0.2, 0) is 0 Å². The number of aryl methyl sites for hydroxylation is 1. The Morgan fingerprint density at radius 2 is 1.96 bits per heavy atom. The van der Waals surface area contributed by atoms with E-state index in [1.165, 1.54) is 9.08 Å². The van der Waals surface area contributed by atoms with Crippen LogP contribution in [0.15, 0.2) is 65.7 Å². The van der Waals surface area contributed by atoms with Gasteiger partial charge in [-0.15, -0.1) is 5.10 Å². The highest BCUT2D eigenvalue weighted by Gasteiger charge is 2.11. The molecule has 3 aromatic heterocycles. The fourth-order valence-electron chi connectivity index (χ4n) is 2.85. The lowest BCUT2D eigenvalue weighted by atomic mass is 10.0. The minimum absolute atomic E-state index is 0.248. The van der Waals surface area contributed by atoms with Gasteiger partial charge in [0.1, 0.15) is 5.75 Å². The van der Waals surface area contributed by atoms with Gasteiger partial charge in [-0.1, -0.05) is 12.1 Å². The van der Waals surface area contributed by atoms with Crippen molar-refractivity contribution in [3.63, 3.8) is 0 Å². The van der Waals surface area contributed by atoms with Crippen molar-refractivity contribution >= 4 is 5.65 Å². The van der Waals surface area contributed by atoms with Crippen LogP contribution in [0.2, 0.25) is 0 Å². The lowest BCUT2D eigenvalue weighted by Gasteiger charge is -2.08. The fourth-order valence-corrected chi connectivity index (χ4v) is 2.85. The number of benzene rings is 1. The van der Waals surface area contributed by atoms with Crippen molar-refractivity contribution in [1.82, 2.24) is 19.2 Å². The molecule has 0 amide bonds. The van der Waals surface area contributed by atoms with Crippen LogP contribution in [0, 0.1) is 6.92 Å². The number of hydrogen-bond acceptors (Lipinski definition) is 4. The molecule has 0 saturated heterocycles. The SMILES string of the molecule is COc1ccc(-c2ccc3nn(-c4ccccn4)c(=O)n3c2)c(C)c1. The smallest absolute Gasteiger partial charge is 0.356 e. The number of pyridine rings is 2. The van der Waals surface area contributed by atoms with Gasteiger partial charge in [0.2, 0.25) is 0 Å². The van der Waals surface area contributed by atoms with Gasteiger partial charge in [0.05, 0.1) is 7.11 Å². The molecule has 0 aliphatic heterocycles. The number of ether oxygens (including phenoxy) is 1. The highest BCUT2D eigenvalue weighted by Crippen LogP contribution is 2.26. The molecule has 0 N–H and O–H groups in total. The zero-order valence-corrected chi connectivity index (χ0v) is 13.9. The Morgan fingerprint density at radius 1 is 1.08 bits per heavy atom. The Hall–Kier alpha value is -3.41. The van der Waals surface area contributed by atoms with Crippen LogP contribution >= 0.6 is 0 Å². The van der Waals surface area contributed by atoms with Gasteiger partial charge in [0.25, 0.3) is 0 Å². The van der Waals surface area contributed by atoms with Gasteiger partial charge in [0.15, 0.2) is 11.5 Å². The lowest BCUT2D eigenvalue weighted by Crippen LogP contribution is -2.20. The standard InChI is InChI=1S/C19H16N4O2/c1-13-11-15(25-2)7-8-16(13)14-6-9-18-21-23(19(24)22(18)12-14)17-5-3-4-10-20-17/h3-12H,1-2H3. The maximum atomic E-state index is 12.7. The van der Waals surface area contributed by atoms with Crippen LogP contribution in [0.5, 0.6) is 5.75 Å². The zero-order valence-electron chi connectivity index (χ0n) is 13.9. The van der Waals surface area contributed by atoms with E-state index in [4.69, 9.17) is 4.74 Å². The van der Waals surface area contributed by atoms with E-state index in [-0.39, 0.29) is 5.69 Å². The molecule has 4 rings (SSSR count). The largest absolute Gasteiger partial charge is 0.497 e. The van der Waals surface area contributed by atoms with Gasteiger partial charge in [-0.05, 0) is 60.0 Å². The van der Waals surface area contributed by atoms with Gasteiger partial charge >= 0.3 is 5.69 Å². The molecule has 3 heterocycles. The summed E-state index contributed by atoms with van der Waals surface area (Å²) in [5, 5.41) is 4.35. The van der Waals surface area contributed by atoms with Crippen LogP contribution in [0.1, 0.15) is 5.56 Å². The summed E-state index contributed by atoms with van der Waals surface area (Å²) in [7, 11) is 1.64. The van der Waals surface area contributed by atoms with Crippen LogP contribution in [-0.4, -0.2) is 26.3 Å². The first-order valence-corrected chi connectivity index (χ1v) is 7.85. The van der Waals surface area contributed by atoms with E-state index in [1.807, 2.05) is 43.3 Å². The zero-order chi connectivity index (χ0) is 17.4. The highest BCUT2D eigenvalue weighted by molar-refractivity contribution is 5.68. The minimum atomic E-state index is -0.248. The van der Waals surface area contributed by atoms with Crippen LogP contribution in [0.25, 0.3) is 22.6 Å². The second-order valence-corrected chi connectivity index (χ2v) is 5.71. The normalized spacial score (nSPS) is 11.0. The van der Waals surface area contributed by atoms with E-state index in [9.17, 15) is 4.79 Å². The summed E-state index contributed by atoms with van der Waals surface area (Å²) in [5.74, 6) is 1.31. The average Bonchev–Trinajstić information content (AvgIpc) is 2.98. The maximum absolute atomic E-state index is 12.7. The molecule has 25 heavy (non-hydrogen) atoms. The molecule has 4 aromatic rings. The topological polar surface area (TPSA) is 61.4 Å². The third kappa shape index (κ3) is 2.57. The van der Waals surface area contributed by atoms with Crippen molar-refractivity contribution in [3.8, 4) is 22.7 Å². The van der Waals surface area contributed by atoms with Crippen LogP contribution in [0.4, 0.5) is 0 Å². The fraction of sp³-hybridized carbons (Fsp3) is 0.105. The molecule has 0 saturated carbocycles. The maximum Gasteiger partial charge on any atom is 0.356 e. The summed E-state index contributed by atoms with van der Waals surface area (Å²) in [4.78, 5) is 16.9. The molecule has 6 heteroatoms. The molecule has 0 aliphatic carbocycles. The van der Waals surface area contributed by atoms with E-state index < -0.39 is 0 Å². The molecular weight excluding hydrogens is 316 g/mol. The highest BCUT2D eigenvalue weighted by atomic mass is 16.5. The Labute approximate surface area is 144 Å². The number of methoxy groups -OCH3 is 1. The average molecular weight is 332 g/mol. The number of aromatic nitrogens is 4. The third-order valence-corrected chi connectivity index (χ3v) is 4.13. The summed E-state index contributed by atoms with van der Waals surface area (Å²) in [6.07, 6.45) is 3.44. The molecule has 0 bridgehead atoms. The predicted octanol–water partition coefficient (Wildman–Crippen LogP) is 2.86. The monoisotopic (exact) mass is 332 g/mol. The summed E-state index contributed by atoms with van der Waals surface area (Å²) < 4.78 is 8.09. The van der Waals surface area contributed by atoms with Gasteiger partial charge in [-0.3, -0.25) is 0 Å². The number of rotatable bonds is 3. The summed E-state index contributed by atoms with van der Waals surface area (Å²) in [6, 6.07) is 15.0. The number of fused-ring (bicyclic) bond motifs is 1. The first kappa shape index (κ1) is 15.1. The van der Waals surface area contributed by atoms with Crippen LogP contribution < -0.4 is 10.4 Å². The number of nitrogens with zero attached hydrogens (tertiary/aromatic N) is 4. The van der Waals surface area contributed by atoms with Crippen molar-refractivity contribution in [3.05, 3.63) is 77.0 Å². The molecule has 6 nitrogen and oxygen atoms in total. The van der Waals surface area contributed by atoms with Crippen LogP contribution in [0.3, 0.4) is 0 Å². The Balaban J connectivity index is 1.86. The summed E-state index contributed by atoms with van der Waals surface area (Å²) >= 11 is 0. The molecule has 0 fully saturated rings. The molecule has 124 valence electrons. The van der Waals surface area contributed by atoms with E-state index in [2.05, 4.69) is 10.1 Å². The Kier molecular flexibility index (Phi) is 3.57. The quantitative estimate of drug-likeness (QED) is 0.579. The summed E-state index contributed by atoms with van der Waals surface area (Å²) in [6.45, 7) is 2.02. The Morgan fingerprint density at radius 3 is 2.68 bits per heavy atom. The second kappa shape index (κ2) is 5.90. The minimum Gasteiger partial charge on any atom is -0.497 e. The van der Waals surface area contributed by atoms with Crippen molar-refractivity contribution in [1.29, 1.82) is 0 Å². The van der Waals surface area contributed by atoms with Crippen molar-refractivity contribution in [2.24, 2.45) is 0 Å². The summed E-state index contributed by atoms with van der Waals surface area (Å²) in [5.41, 5.74) is 3.38. The molecule has 0 aliphatic rings. The van der Waals surface area contributed by atoms with Gasteiger partial charge in [-0.2, -0.15) is 4.68 Å². The molecule has 0 unspecified atom stereocenters. The molecule has 1 aromatic carbocycles. The van der Waals surface area contributed by atoms with Crippen molar-refractivity contribution in [2.45, 2.75) is 6.92 Å². The van der Waals surface area contributed by atoms with Gasteiger partial charge < -0.3 is 4.74 Å². The van der Waals surface area contributed by atoms with E-state index in [0.717, 1.165) is 22.4 Å². The van der Waals surface area contributed by atoms with Gasteiger partial charge in [0, 0.05) is 12.4 Å². The van der Waals surface area contributed by atoms with Gasteiger partial charge in [-0.25, -0.2) is 14.2 Å². The van der Waals surface area contributed by atoms with E-state index >= 15 is 0 Å². The molecule has 0 atom stereocenters. The number of hydrogen-bond donors (Lipinski definition) is 0. The van der Waals surface area contributed by atoms with Crippen molar-refractivity contribution in [2.75, 3.05) is 7.11 Å². The molecule has 0 radical (unpaired) electrons. The van der Waals surface area contributed by atoms with E-state index in [0.29, 0.717) is 11.5 Å². The molecule has 0 spiro atoms.